The summed E-state index contributed by atoms with van der Waals surface area (Å²) in [6.07, 6.45) is 28.0. The molecule has 72 heavy (non-hydrogen) atoms. The topological polar surface area (TPSA) is 136 Å². The van der Waals surface area contributed by atoms with Crippen LogP contribution in [0.25, 0.3) is 63.7 Å². The van der Waals surface area contributed by atoms with Gasteiger partial charge in [0, 0.05) is 60.6 Å². The molecule has 0 bridgehead atoms. The molecule has 1 aliphatic heterocycles. The third kappa shape index (κ3) is 15.0. The molecule has 0 amide bonds. The second-order valence-electron chi connectivity index (χ2n) is 17.7. The van der Waals surface area contributed by atoms with Crippen molar-refractivity contribution in [2.24, 2.45) is 0 Å². The molecule has 1 aliphatic rings. The molecule has 9 rings (SSSR count). The third-order valence-corrected chi connectivity index (χ3v) is 17.0. The van der Waals surface area contributed by atoms with Gasteiger partial charge in [-0.3, -0.25) is 24.5 Å². The molecule has 373 valence electrons. The van der Waals surface area contributed by atoms with Gasteiger partial charge in [-0.2, -0.15) is 0 Å². The standard InChI is InChI=1S/C43H49N3S3.C15H13N3O3P.Ru/c1-3-5-7-9-11-13-20-33-34(21-14-12-10-8-6-4-2)43(49-42(33)40-24-19-29-47-40)41-26-25-39(48-41)32-30-37(35-22-15-17-27-44-35)46-38(31-32)36-23-16-18-28-45-36;19-22(20,21)11-9-14(12-5-1-3-7-16-12)18-15(10-11)13-6-2-4-8-17-13;/h15-19,22-31H,3-14,20-21H2,1-2H3;1-10,14H,(H2,19,20,21);/q;-1;+1. The number of nitrogens with zero attached hydrogens (tertiary/aromatic N) is 6. The van der Waals surface area contributed by atoms with Crippen LogP contribution in [0.15, 0.2) is 157 Å². The van der Waals surface area contributed by atoms with Gasteiger partial charge in [0.15, 0.2) is 0 Å². The molecular formula is C58H62N6O3PRuS3. The van der Waals surface area contributed by atoms with Gasteiger partial charge >= 0.3 is 27.1 Å². The number of rotatable bonds is 22. The number of unbranched alkanes of at least 4 members (excludes halogenated alkanes) is 10. The smallest absolute Gasteiger partial charge is 0.672 e. The van der Waals surface area contributed by atoms with Gasteiger partial charge in [0.1, 0.15) is 0 Å². The third-order valence-electron chi connectivity index (χ3n) is 12.4. The Kier molecular flexibility index (Phi) is 21.1. The van der Waals surface area contributed by atoms with Crippen LogP contribution in [0.5, 0.6) is 0 Å². The van der Waals surface area contributed by atoms with E-state index in [1.807, 2.05) is 88.9 Å². The zero-order valence-electron chi connectivity index (χ0n) is 40.9. The van der Waals surface area contributed by atoms with Gasteiger partial charge in [0.25, 0.3) is 0 Å². The van der Waals surface area contributed by atoms with E-state index < -0.39 is 13.6 Å². The van der Waals surface area contributed by atoms with Gasteiger partial charge in [0.2, 0.25) is 0 Å². The predicted molar refractivity (Wildman–Crippen MR) is 297 cm³/mol. The maximum Gasteiger partial charge on any atom is 1.00 e. The minimum Gasteiger partial charge on any atom is -0.672 e. The molecule has 0 saturated carbocycles. The van der Waals surface area contributed by atoms with E-state index in [0.717, 1.165) is 28.3 Å². The molecule has 8 aromatic heterocycles. The maximum absolute atomic E-state index is 11.6. The number of allylic oxidation sites excluding steroid dienone is 2. The fraction of sp³-hybridized carbons (Fsp3) is 0.293. The van der Waals surface area contributed by atoms with Crippen molar-refractivity contribution in [3.8, 4) is 52.7 Å². The molecule has 9 heterocycles. The Labute approximate surface area is 450 Å². The van der Waals surface area contributed by atoms with Crippen LogP contribution < -0.4 is 0 Å². The number of thiophene rings is 3. The van der Waals surface area contributed by atoms with Crippen LogP contribution in [0.1, 0.15) is 119 Å². The molecule has 9 nitrogen and oxygen atoms in total. The molecule has 0 aromatic carbocycles. The first-order chi connectivity index (χ1) is 34.8. The minimum atomic E-state index is -4.39. The van der Waals surface area contributed by atoms with Crippen molar-refractivity contribution in [2.75, 3.05) is 0 Å². The largest absolute Gasteiger partial charge is 1.00 e. The van der Waals surface area contributed by atoms with Crippen molar-refractivity contribution in [3.05, 3.63) is 185 Å². The molecule has 14 heteroatoms. The number of hydrogen-bond donors (Lipinski definition) is 2. The van der Waals surface area contributed by atoms with Gasteiger partial charge < -0.3 is 15.1 Å². The van der Waals surface area contributed by atoms with Crippen LogP contribution in [-0.4, -0.2) is 34.7 Å². The Hall–Kier alpha value is -5.10. The summed E-state index contributed by atoms with van der Waals surface area (Å²) in [4.78, 5) is 48.7. The van der Waals surface area contributed by atoms with E-state index in [1.54, 1.807) is 53.9 Å². The maximum atomic E-state index is 11.6. The van der Waals surface area contributed by atoms with Crippen LogP contribution >= 0.6 is 41.6 Å². The normalized spacial score (nSPS) is 13.3. The number of aromatic nitrogens is 5. The van der Waals surface area contributed by atoms with Gasteiger partial charge in [-0.15, -0.1) is 39.7 Å². The summed E-state index contributed by atoms with van der Waals surface area (Å²) in [5.41, 5.74) is 9.49. The Morgan fingerprint density at radius 1 is 0.556 bits per heavy atom. The molecule has 8 aromatic rings. The number of hydrogen-bond acceptors (Lipinski definition) is 9. The van der Waals surface area contributed by atoms with E-state index in [4.69, 9.17) is 4.98 Å². The van der Waals surface area contributed by atoms with Crippen molar-refractivity contribution in [2.45, 2.75) is 110 Å². The van der Waals surface area contributed by atoms with Crippen LogP contribution in [0.2, 0.25) is 0 Å². The summed E-state index contributed by atoms with van der Waals surface area (Å²) >= 11 is 5.84. The summed E-state index contributed by atoms with van der Waals surface area (Å²) in [5, 5.41) is 6.67. The molecule has 1 atom stereocenters. The summed E-state index contributed by atoms with van der Waals surface area (Å²) in [6.45, 7) is 4.61. The summed E-state index contributed by atoms with van der Waals surface area (Å²) in [5.74, 6) is 0. The quantitative estimate of drug-likeness (QED) is 0.0389. The fourth-order valence-electron chi connectivity index (χ4n) is 8.69. The van der Waals surface area contributed by atoms with Crippen molar-refractivity contribution < 1.29 is 33.8 Å². The Morgan fingerprint density at radius 2 is 1.08 bits per heavy atom. The second-order valence-corrected chi connectivity index (χ2v) is 22.3. The van der Waals surface area contributed by atoms with E-state index in [2.05, 4.69) is 80.9 Å². The van der Waals surface area contributed by atoms with Gasteiger partial charge in [-0.1, -0.05) is 127 Å². The van der Waals surface area contributed by atoms with Gasteiger partial charge in [0.05, 0.1) is 28.1 Å². The van der Waals surface area contributed by atoms with Crippen LogP contribution in [0.4, 0.5) is 0 Å². The van der Waals surface area contributed by atoms with Crippen LogP contribution in [0, 0.1) is 0 Å². The molecular weight excluding hydrogens is 1060 g/mol. The van der Waals surface area contributed by atoms with Crippen molar-refractivity contribution in [3.63, 3.8) is 0 Å². The second kappa shape index (κ2) is 27.8. The minimum absolute atomic E-state index is 0. The first-order valence-corrected chi connectivity index (χ1v) is 29.1. The van der Waals surface area contributed by atoms with E-state index >= 15 is 0 Å². The SMILES string of the molecule is CCCCCCCCc1c(-c2cccs2)sc(-c2ccc(-c3cc(-c4ccccn4)nc(-c4ccccn4)c3)s2)c1CCCCCCCC.O=P(O)(O)C1=CC(c2ccccn2)[N-]C(c2ccccn2)=C1.[Ru+]. The Morgan fingerprint density at radius 3 is 1.60 bits per heavy atom. The van der Waals surface area contributed by atoms with Crippen LogP contribution in [0.3, 0.4) is 0 Å². The number of pyridine rings is 5. The average Bonchev–Trinajstić information content (AvgIpc) is 4.21. The summed E-state index contributed by atoms with van der Waals surface area (Å²) in [6, 6.07) is 35.7. The molecule has 1 unspecified atom stereocenters. The zero-order chi connectivity index (χ0) is 49.3. The molecule has 2 N–H and O–H groups in total. The van der Waals surface area contributed by atoms with Crippen LogP contribution in [-0.2, 0) is 36.9 Å². The molecule has 0 saturated heterocycles. The van der Waals surface area contributed by atoms with E-state index in [1.165, 1.54) is 126 Å². The Balaban J connectivity index is 0.000000276. The first-order valence-electron chi connectivity index (χ1n) is 25.0. The average molecular weight is 1120 g/mol. The Bertz CT molecular complexity index is 2940. The molecule has 0 aliphatic carbocycles. The zero-order valence-corrected chi connectivity index (χ0v) is 46.0. The van der Waals surface area contributed by atoms with E-state index in [9.17, 15) is 14.4 Å². The molecule has 0 fully saturated rings. The van der Waals surface area contributed by atoms with Crippen molar-refractivity contribution >= 4 is 47.3 Å². The van der Waals surface area contributed by atoms with Gasteiger partial charge in [-0.05, 0) is 127 Å². The predicted octanol–water partition coefficient (Wildman–Crippen LogP) is 17.2. The summed E-state index contributed by atoms with van der Waals surface area (Å²) < 4.78 is 11.6. The molecule has 0 spiro atoms. The summed E-state index contributed by atoms with van der Waals surface area (Å²) in [7, 11) is -4.39. The van der Waals surface area contributed by atoms with E-state index in [0.29, 0.717) is 17.1 Å². The van der Waals surface area contributed by atoms with E-state index in [-0.39, 0.29) is 24.8 Å². The van der Waals surface area contributed by atoms with Gasteiger partial charge in [-0.25, -0.2) is 4.98 Å². The van der Waals surface area contributed by atoms with Crippen molar-refractivity contribution in [1.82, 2.24) is 24.9 Å². The monoisotopic (exact) mass is 1120 g/mol. The van der Waals surface area contributed by atoms with Crippen molar-refractivity contribution in [1.29, 1.82) is 0 Å². The first kappa shape index (κ1) is 54.7. The fourth-order valence-corrected chi connectivity index (χ4v) is 12.7. The molecule has 1 radical (unpaired) electrons.